The summed E-state index contributed by atoms with van der Waals surface area (Å²) in [5.41, 5.74) is -2.13. The van der Waals surface area contributed by atoms with E-state index >= 15 is 0 Å². The van der Waals surface area contributed by atoms with Gasteiger partial charge in [-0.1, -0.05) is 35.9 Å². The number of nitriles is 1. The number of alkyl halides is 4. The molecule has 1 heterocycles. The van der Waals surface area contributed by atoms with E-state index in [2.05, 4.69) is 15.0 Å². The molecule has 7 nitrogen and oxygen atoms in total. The van der Waals surface area contributed by atoms with E-state index in [1.807, 2.05) is 6.07 Å². The molecule has 0 spiro atoms. The molecule has 0 amide bonds. The van der Waals surface area contributed by atoms with E-state index in [4.69, 9.17) is 11.6 Å². The van der Waals surface area contributed by atoms with E-state index in [0.29, 0.717) is 11.3 Å². The molecular weight excluding hydrogens is 469 g/mol. The maximum absolute atomic E-state index is 13.5. The Balaban J connectivity index is 1.84. The van der Waals surface area contributed by atoms with Crippen molar-refractivity contribution in [3.63, 3.8) is 0 Å². The number of non-ortho nitro benzene ring substituents is 1. The van der Waals surface area contributed by atoms with Crippen molar-refractivity contribution in [1.29, 1.82) is 5.26 Å². The predicted octanol–water partition coefficient (Wildman–Crippen LogP) is 6.20. The smallest absolute Gasteiger partial charge is 0.427 e. The lowest BCUT2D eigenvalue weighted by atomic mass is 10.1. The molecule has 1 aromatic heterocycles. The second-order valence-corrected chi connectivity index (χ2v) is 7.36. The number of hydrogen-bond donors (Lipinski definition) is 1. The molecule has 0 aliphatic heterocycles. The third-order valence-electron chi connectivity index (χ3n) is 3.97. The van der Waals surface area contributed by atoms with Crippen molar-refractivity contribution >= 4 is 39.9 Å². The molecule has 12 heteroatoms. The van der Waals surface area contributed by atoms with E-state index in [1.165, 1.54) is 48.7 Å². The molecule has 0 radical (unpaired) electrons. The number of nitrogens with zero attached hydrogens (tertiary/aromatic N) is 3. The quantitative estimate of drug-likeness (QED) is 0.178. The highest BCUT2D eigenvalue weighted by Gasteiger charge is 2.42. The zero-order chi connectivity index (χ0) is 23.3. The van der Waals surface area contributed by atoms with Crippen LogP contribution in [0.1, 0.15) is 5.01 Å². The van der Waals surface area contributed by atoms with Crippen molar-refractivity contribution < 1.29 is 22.8 Å². The standard InChI is InChI=1S/C20H12ClF3N4O3S/c21-19(22)20(23,24)31-17-7-2-1-6-15(17)26-10-13(9-25)18-27-16(11-32-18)12-4-3-5-14(8-12)28(29)30/h1-8,10-11,19,26H/b13-10+/t19-/m0/s1. The van der Waals surface area contributed by atoms with Crippen molar-refractivity contribution in [3.05, 3.63) is 75.2 Å². The Morgan fingerprint density at radius 3 is 2.78 bits per heavy atom. The van der Waals surface area contributed by atoms with Crippen molar-refractivity contribution in [3.8, 4) is 23.1 Å². The molecule has 0 aliphatic carbocycles. The lowest BCUT2D eigenvalue weighted by molar-refractivity contribution is -0.384. The van der Waals surface area contributed by atoms with Gasteiger partial charge in [0.1, 0.15) is 22.4 Å². The van der Waals surface area contributed by atoms with E-state index in [-0.39, 0.29) is 27.7 Å². The number of rotatable bonds is 8. The second-order valence-electron chi connectivity index (χ2n) is 6.12. The van der Waals surface area contributed by atoms with Gasteiger partial charge in [-0.2, -0.15) is 14.0 Å². The Morgan fingerprint density at radius 2 is 2.09 bits per heavy atom. The lowest BCUT2D eigenvalue weighted by Crippen LogP contribution is -2.33. The van der Waals surface area contributed by atoms with Gasteiger partial charge in [-0.25, -0.2) is 9.37 Å². The first-order chi connectivity index (χ1) is 15.2. The van der Waals surface area contributed by atoms with Crippen molar-refractivity contribution in [2.75, 3.05) is 5.32 Å². The van der Waals surface area contributed by atoms with Crippen LogP contribution in [0.2, 0.25) is 0 Å². The predicted molar refractivity (Wildman–Crippen MR) is 114 cm³/mol. The van der Waals surface area contributed by atoms with Crippen LogP contribution in [0.25, 0.3) is 16.8 Å². The Hall–Kier alpha value is -3.62. The first kappa shape index (κ1) is 23.1. The van der Waals surface area contributed by atoms with Crippen LogP contribution in [0.4, 0.5) is 24.5 Å². The fourth-order valence-electron chi connectivity index (χ4n) is 2.47. The number of anilines is 1. The third-order valence-corrected chi connectivity index (χ3v) is 5.10. The lowest BCUT2D eigenvalue weighted by Gasteiger charge is -2.19. The van der Waals surface area contributed by atoms with Crippen LogP contribution in [0.15, 0.2) is 60.1 Å². The van der Waals surface area contributed by atoms with Gasteiger partial charge in [0.25, 0.3) is 11.3 Å². The Kier molecular flexibility index (Phi) is 6.97. The molecule has 32 heavy (non-hydrogen) atoms. The highest BCUT2D eigenvalue weighted by molar-refractivity contribution is 7.11. The fourth-order valence-corrected chi connectivity index (χ4v) is 3.31. The molecule has 0 unspecified atom stereocenters. The molecule has 1 N–H and O–H groups in total. The molecule has 0 saturated carbocycles. The van der Waals surface area contributed by atoms with Crippen molar-refractivity contribution in [2.24, 2.45) is 0 Å². The molecule has 3 rings (SSSR count). The normalized spacial score (nSPS) is 12.7. The number of hydrogen-bond acceptors (Lipinski definition) is 7. The summed E-state index contributed by atoms with van der Waals surface area (Å²) in [5, 5.41) is 25.0. The largest absolute Gasteiger partial charge is 0.444 e. The second kappa shape index (κ2) is 9.67. The number of para-hydroxylation sites is 2. The Labute approximate surface area is 188 Å². The van der Waals surface area contributed by atoms with Gasteiger partial charge < -0.3 is 10.1 Å². The summed E-state index contributed by atoms with van der Waals surface area (Å²) < 4.78 is 44.3. The van der Waals surface area contributed by atoms with Gasteiger partial charge in [0.2, 0.25) is 0 Å². The summed E-state index contributed by atoms with van der Waals surface area (Å²) in [5.74, 6) is -0.384. The van der Waals surface area contributed by atoms with Crippen molar-refractivity contribution in [1.82, 2.24) is 4.98 Å². The highest BCUT2D eigenvalue weighted by atomic mass is 35.5. The van der Waals surface area contributed by atoms with Gasteiger partial charge in [-0.3, -0.25) is 10.1 Å². The number of halogens is 4. The number of thiazole rings is 1. The summed E-state index contributed by atoms with van der Waals surface area (Å²) in [4.78, 5) is 14.7. The van der Waals surface area contributed by atoms with E-state index < -0.39 is 16.7 Å². The van der Waals surface area contributed by atoms with Gasteiger partial charge in [0, 0.05) is 29.3 Å². The number of nitro benzene ring substituents is 1. The monoisotopic (exact) mass is 480 g/mol. The minimum atomic E-state index is -4.26. The molecule has 164 valence electrons. The average molecular weight is 481 g/mol. The topological polar surface area (TPSA) is 101 Å². The van der Waals surface area contributed by atoms with Gasteiger partial charge in [-0.15, -0.1) is 11.3 Å². The van der Waals surface area contributed by atoms with E-state index in [9.17, 15) is 28.5 Å². The van der Waals surface area contributed by atoms with Crippen LogP contribution in [-0.2, 0) is 0 Å². The molecule has 3 aromatic rings. The van der Waals surface area contributed by atoms with E-state index in [1.54, 1.807) is 11.4 Å². The average Bonchev–Trinajstić information content (AvgIpc) is 3.25. The fraction of sp³-hybridized carbons (Fsp3) is 0.100. The Bertz CT molecular complexity index is 1210. The maximum atomic E-state index is 13.5. The summed E-state index contributed by atoms with van der Waals surface area (Å²) in [7, 11) is 0. The van der Waals surface area contributed by atoms with Crippen LogP contribution in [0.3, 0.4) is 0 Å². The minimum absolute atomic E-state index is 0.0349. The number of benzene rings is 2. The highest BCUT2D eigenvalue weighted by Crippen LogP contribution is 2.34. The molecule has 0 aliphatic rings. The van der Waals surface area contributed by atoms with Crippen LogP contribution in [-0.4, -0.2) is 21.6 Å². The first-order valence-corrected chi connectivity index (χ1v) is 10.0. The summed E-state index contributed by atoms with van der Waals surface area (Å²) >= 11 is 5.93. The summed E-state index contributed by atoms with van der Waals surface area (Å²) in [6, 6.07) is 13.3. The molecule has 0 fully saturated rings. The number of aromatic nitrogens is 1. The summed E-state index contributed by atoms with van der Waals surface area (Å²) in [6.45, 7) is 0. The molecule has 2 aromatic carbocycles. The van der Waals surface area contributed by atoms with Crippen LogP contribution >= 0.6 is 22.9 Å². The zero-order valence-electron chi connectivity index (χ0n) is 15.8. The number of nitro groups is 1. The molecule has 1 atom stereocenters. The molecule has 0 saturated heterocycles. The van der Waals surface area contributed by atoms with Gasteiger partial charge in [0.05, 0.1) is 16.3 Å². The van der Waals surface area contributed by atoms with Crippen LogP contribution in [0, 0.1) is 21.4 Å². The first-order valence-electron chi connectivity index (χ1n) is 8.73. The van der Waals surface area contributed by atoms with Gasteiger partial charge >= 0.3 is 6.11 Å². The molecule has 0 bridgehead atoms. The van der Waals surface area contributed by atoms with Gasteiger partial charge in [0.15, 0.2) is 0 Å². The zero-order valence-corrected chi connectivity index (χ0v) is 17.4. The van der Waals surface area contributed by atoms with Crippen LogP contribution < -0.4 is 10.1 Å². The number of nitrogens with one attached hydrogen (secondary N) is 1. The van der Waals surface area contributed by atoms with Crippen molar-refractivity contribution in [2.45, 2.75) is 11.7 Å². The number of ether oxygens (including phenoxy) is 1. The minimum Gasteiger partial charge on any atom is -0.427 e. The van der Waals surface area contributed by atoms with E-state index in [0.717, 1.165) is 11.3 Å². The third kappa shape index (κ3) is 5.35. The van der Waals surface area contributed by atoms with Gasteiger partial charge in [-0.05, 0) is 12.1 Å². The molecular formula is C20H12ClF3N4O3S. The van der Waals surface area contributed by atoms with Crippen LogP contribution in [0.5, 0.6) is 5.75 Å². The maximum Gasteiger partial charge on any atom is 0.444 e. The Morgan fingerprint density at radius 1 is 1.34 bits per heavy atom. The SMILES string of the molecule is N#C/C(=C\Nc1ccccc1OC(F)(F)[C@H](F)Cl)c1nc(-c2cccc([N+](=O)[O-])c2)cs1. The summed E-state index contributed by atoms with van der Waals surface area (Å²) in [6.07, 6.45) is -3.03. The number of allylic oxidation sites excluding steroid dienone is 1.